The van der Waals surface area contributed by atoms with Gasteiger partial charge in [0, 0.05) is 44.2 Å². The van der Waals surface area contributed by atoms with Gasteiger partial charge in [0.05, 0.1) is 23.2 Å². The highest BCUT2D eigenvalue weighted by Crippen LogP contribution is 2.30. The minimum absolute atomic E-state index is 0.0520. The summed E-state index contributed by atoms with van der Waals surface area (Å²) in [6.45, 7) is 6.33. The molecule has 0 spiro atoms. The molecule has 1 aliphatic heterocycles. The van der Waals surface area contributed by atoms with Gasteiger partial charge in [-0.05, 0) is 57.7 Å². The maximum atomic E-state index is 13.7. The lowest BCUT2D eigenvalue weighted by molar-refractivity contribution is -0.120. The Morgan fingerprint density at radius 3 is 2.41 bits per heavy atom. The summed E-state index contributed by atoms with van der Waals surface area (Å²) < 4.78 is 34.4. The Labute approximate surface area is 222 Å². The first-order valence-corrected chi connectivity index (χ1v) is 14.5. The molecule has 1 aromatic heterocycles. The summed E-state index contributed by atoms with van der Waals surface area (Å²) >= 11 is 6.15. The average Bonchev–Trinajstić information content (AvgIpc) is 2.86. The Kier molecular flexibility index (Phi) is 8.45. The fourth-order valence-corrected chi connectivity index (χ4v) is 6.27. The molecule has 0 bridgehead atoms. The molecule has 2 heterocycles. The lowest BCUT2D eigenvalue weighted by Gasteiger charge is -2.37. The van der Waals surface area contributed by atoms with Crippen LogP contribution in [-0.2, 0) is 14.8 Å². The summed E-state index contributed by atoms with van der Waals surface area (Å²) in [6, 6.07) is 6.98. The number of rotatable bonds is 7. The molecule has 1 aromatic carbocycles. The predicted molar refractivity (Wildman–Crippen MR) is 143 cm³/mol. The third kappa shape index (κ3) is 6.27. The zero-order chi connectivity index (χ0) is 26.7. The summed E-state index contributed by atoms with van der Waals surface area (Å²) in [5.41, 5.74) is 0.672. The second-order valence-electron chi connectivity index (χ2n) is 9.83. The maximum absolute atomic E-state index is 13.7. The molecule has 12 heteroatoms. The van der Waals surface area contributed by atoms with Gasteiger partial charge in [-0.1, -0.05) is 17.7 Å². The van der Waals surface area contributed by atoms with Gasteiger partial charge in [-0.2, -0.15) is 14.1 Å². The molecule has 1 saturated carbocycles. The Bertz CT molecular complexity index is 1280. The number of ether oxygens (including phenoxy) is 1. The van der Waals surface area contributed by atoms with Crippen LogP contribution in [0.25, 0.3) is 5.69 Å². The van der Waals surface area contributed by atoms with Gasteiger partial charge in [-0.15, -0.1) is 0 Å². The molecule has 0 unspecified atom stereocenters. The maximum Gasteiger partial charge on any atom is 0.316 e. The Hall–Kier alpha value is -2.63. The second-order valence-corrected chi connectivity index (χ2v) is 12.8. The molecule has 1 saturated heterocycles. The standard InChI is InChI=1S/C25H34ClN5O5S/c1-17(2)37(34,35)30-13-11-29(12-14-30)23-16-27-31(21-6-4-5-19(26)15-21)25(33)24(23)36-22-9-7-20(8-10-22)28-18(3)32/h4-6,15-17,20,22H,7-14H2,1-3H3,(H,28,32). The molecule has 10 nitrogen and oxygen atoms in total. The fourth-order valence-electron chi connectivity index (χ4n) is 4.82. The first-order chi connectivity index (χ1) is 17.6. The molecule has 2 fully saturated rings. The zero-order valence-electron chi connectivity index (χ0n) is 21.4. The number of piperazine rings is 1. The Balaban J connectivity index is 1.61. The lowest BCUT2D eigenvalue weighted by Crippen LogP contribution is -2.51. The van der Waals surface area contributed by atoms with E-state index in [0.717, 1.165) is 12.8 Å². The topological polar surface area (TPSA) is 114 Å². The molecule has 0 atom stereocenters. The van der Waals surface area contributed by atoms with E-state index in [-0.39, 0.29) is 23.8 Å². The molecular weight excluding hydrogens is 518 g/mol. The van der Waals surface area contributed by atoms with E-state index in [0.29, 0.717) is 55.4 Å². The van der Waals surface area contributed by atoms with Crippen LogP contribution in [-0.4, -0.2) is 72.0 Å². The molecule has 0 radical (unpaired) electrons. The molecule has 2 aromatic rings. The highest BCUT2D eigenvalue weighted by Gasteiger charge is 2.32. The molecule has 1 aliphatic carbocycles. The minimum atomic E-state index is -3.36. The van der Waals surface area contributed by atoms with Crippen molar-refractivity contribution in [2.75, 3.05) is 31.1 Å². The van der Waals surface area contributed by atoms with E-state index in [1.165, 1.54) is 15.9 Å². The van der Waals surface area contributed by atoms with Gasteiger partial charge in [0.25, 0.3) is 0 Å². The summed E-state index contributed by atoms with van der Waals surface area (Å²) in [7, 11) is -3.36. The Morgan fingerprint density at radius 2 is 1.81 bits per heavy atom. The number of nitrogens with one attached hydrogen (secondary N) is 1. The van der Waals surface area contributed by atoms with Crippen LogP contribution in [0.3, 0.4) is 0 Å². The van der Waals surface area contributed by atoms with E-state index in [2.05, 4.69) is 10.4 Å². The molecule has 1 N–H and O–H groups in total. The number of hydrogen-bond acceptors (Lipinski definition) is 7. The number of carbonyl (C=O) groups is 1. The van der Waals surface area contributed by atoms with Crippen molar-refractivity contribution in [2.24, 2.45) is 0 Å². The van der Waals surface area contributed by atoms with Gasteiger partial charge in [-0.3, -0.25) is 9.59 Å². The first-order valence-electron chi connectivity index (χ1n) is 12.6. The molecule has 1 amide bonds. The van der Waals surface area contributed by atoms with Crippen molar-refractivity contribution in [3.63, 3.8) is 0 Å². The van der Waals surface area contributed by atoms with Crippen LogP contribution in [0.2, 0.25) is 5.02 Å². The number of benzene rings is 1. The highest BCUT2D eigenvalue weighted by molar-refractivity contribution is 7.89. The number of aromatic nitrogens is 2. The molecule has 202 valence electrons. The van der Waals surface area contributed by atoms with E-state index < -0.39 is 20.8 Å². The van der Waals surface area contributed by atoms with Crippen LogP contribution in [0, 0.1) is 0 Å². The third-order valence-electron chi connectivity index (χ3n) is 6.87. The van der Waals surface area contributed by atoms with Crippen LogP contribution in [0.5, 0.6) is 5.75 Å². The minimum Gasteiger partial charge on any atom is -0.483 e. The van der Waals surface area contributed by atoms with Gasteiger partial charge in [0.1, 0.15) is 5.69 Å². The van der Waals surface area contributed by atoms with Crippen LogP contribution < -0.4 is 20.5 Å². The second kappa shape index (κ2) is 11.4. The van der Waals surface area contributed by atoms with Crippen LogP contribution >= 0.6 is 11.6 Å². The van der Waals surface area contributed by atoms with Crippen LogP contribution in [0.4, 0.5) is 5.69 Å². The highest BCUT2D eigenvalue weighted by atomic mass is 35.5. The molecular formula is C25H34ClN5O5S. The normalized spacial score (nSPS) is 21.2. The van der Waals surface area contributed by atoms with Crippen LogP contribution in [0.15, 0.2) is 35.3 Å². The average molecular weight is 552 g/mol. The number of anilines is 1. The Morgan fingerprint density at radius 1 is 1.14 bits per heavy atom. The van der Waals surface area contributed by atoms with E-state index in [1.807, 2.05) is 4.90 Å². The van der Waals surface area contributed by atoms with Gasteiger partial charge in [0.2, 0.25) is 21.7 Å². The summed E-state index contributed by atoms with van der Waals surface area (Å²) in [4.78, 5) is 27.1. The van der Waals surface area contributed by atoms with Crippen molar-refractivity contribution in [2.45, 2.75) is 63.9 Å². The van der Waals surface area contributed by atoms with Gasteiger partial charge in [0.15, 0.2) is 0 Å². The van der Waals surface area contributed by atoms with Crippen molar-refractivity contribution in [1.82, 2.24) is 19.4 Å². The largest absolute Gasteiger partial charge is 0.483 e. The SMILES string of the molecule is CC(=O)NC1CCC(Oc2c(N3CCN(S(=O)(=O)C(C)C)CC3)cnn(-c3cccc(Cl)c3)c2=O)CC1. The van der Waals surface area contributed by atoms with Crippen molar-refractivity contribution in [1.29, 1.82) is 0 Å². The summed E-state index contributed by atoms with van der Waals surface area (Å²) in [6.07, 6.45) is 4.34. The van der Waals surface area contributed by atoms with Crippen molar-refractivity contribution < 1.29 is 17.9 Å². The van der Waals surface area contributed by atoms with Crippen molar-refractivity contribution in [3.05, 3.63) is 45.8 Å². The van der Waals surface area contributed by atoms with Crippen molar-refractivity contribution in [3.8, 4) is 11.4 Å². The van der Waals surface area contributed by atoms with E-state index in [9.17, 15) is 18.0 Å². The van der Waals surface area contributed by atoms with Crippen LogP contribution in [0.1, 0.15) is 46.5 Å². The molecule has 37 heavy (non-hydrogen) atoms. The zero-order valence-corrected chi connectivity index (χ0v) is 23.0. The lowest BCUT2D eigenvalue weighted by atomic mass is 9.93. The van der Waals surface area contributed by atoms with Gasteiger partial charge >= 0.3 is 5.56 Å². The number of carbonyl (C=O) groups excluding carboxylic acids is 1. The predicted octanol–water partition coefficient (Wildman–Crippen LogP) is 2.57. The van der Waals surface area contributed by atoms with E-state index >= 15 is 0 Å². The van der Waals surface area contributed by atoms with E-state index in [4.69, 9.17) is 16.3 Å². The monoisotopic (exact) mass is 551 g/mol. The number of halogens is 1. The number of nitrogens with zero attached hydrogens (tertiary/aromatic N) is 4. The summed E-state index contributed by atoms with van der Waals surface area (Å²) in [5, 5.41) is 7.35. The third-order valence-corrected chi connectivity index (χ3v) is 9.38. The molecule has 2 aliphatic rings. The summed E-state index contributed by atoms with van der Waals surface area (Å²) in [5.74, 6) is 0.141. The van der Waals surface area contributed by atoms with Crippen molar-refractivity contribution >= 4 is 33.2 Å². The van der Waals surface area contributed by atoms with Gasteiger partial charge < -0.3 is 15.0 Å². The molecule has 4 rings (SSSR count). The fraction of sp³-hybridized carbons (Fsp3) is 0.560. The van der Waals surface area contributed by atoms with Gasteiger partial charge in [-0.25, -0.2) is 8.42 Å². The number of sulfonamides is 1. The quantitative estimate of drug-likeness (QED) is 0.562. The smallest absolute Gasteiger partial charge is 0.316 e. The first kappa shape index (κ1) is 27.4. The van der Waals surface area contributed by atoms with E-state index in [1.54, 1.807) is 44.3 Å². The number of hydrogen-bond donors (Lipinski definition) is 1. The number of amides is 1.